The molecule has 21 heavy (non-hydrogen) atoms. The molecule has 0 saturated heterocycles. The number of carbonyl (C=O) groups excluding carboxylic acids is 1. The Morgan fingerprint density at radius 2 is 1.71 bits per heavy atom. The van der Waals surface area contributed by atoms with E-state index in [-0.39, 0.29) is 5.91 Å². The lowest BCUT2D eigenvalue weighted by molar-refractivity contribution is -0.129. The third kappa shape index (κ3) is 4.71. The van der Waals surface area contributed by atoms with Crippen molar-refractivity contribution in [2.75, 3.05) is 13.2 Å². The van der Waals surface area contributed by atoms with Gasteiger partial charge in [-0.15, -0.1) is 0 Å². The number of ether oxygens (including phenoxy) is 1. The predicted octanol–water partition coefficient (Wildman–Crippen LogP) is 3.32. The summed E-state index contributed by atoms with van der Waals surface area (Å²) in [5.74, 6) is -0.0841. The van der Waals surface area contributed by atoms with Gasteiger partial charge in [-0.3, -0.25) is 4.79 Å². The molecular weight excluding hydrogens is 264 g/mol. The van der Waals surface area contributed by atoms with Crippen molar-refractivity contribution in [1.82, 2.24) is 5.32 Å². The maximum Gasteiger partial charge on any atom is 0.240 e. The Bertz CT molecular complexity index is 361. The van der Waals surface area contributed by atoms with E-state index in [4.69, 9.17) is 4.74 Å². The lowest BCUT2D eigenvalue weighted by Crippen LogP contribution is -2.41. The second-order valence-electron chi connectivity index (χ2n) is 6.49. The third-order valence-electron chi connectivity index (χ3n) is 4.90. The Morgan fingerprint density at radius 3 is 2.33 bits per heavy atom. The molecule has 2 saturated carbocycles. The number of carbonyl (C=O) groups is 1. The van der Waals surface area contributed by atoms with E-state index >= 15 is 0 Å². The smallest absolute Gasteiger partial charge is 0.240 e. The van der Waals surface area contributed by atoms with Gasteiger partial charge in [0.2, 0.25) is 5.91 Å². The fraction of sp³-hybridized carbons (Fsp3) is 0.882. The van der Waals surface area contributed by atoms with Crippen molar-refractivity contribution in [2.24, 2.45) is 5.41 Å². The van der Waals surface area contributed by atoms with E-state index in [1.807, 2.05) is 0 Å². The first-order valence-corrected chi connectivity index (χ1v) is 8.58. The van der Waals surface area contributed by atoms with Gasteiger partial charge in [-0.2, -0.15) is 5.26 Å². The monoisotopic (exact) mass is 292 g/mol. The molecule has 118 valence electrons. The van der Waals surface area contributed by atoms with Crippen molar-refractivity contribution in [3.8, 4) is 6.07 Å². The van der Waals surface area contributed by atoms with Gasteiger partial charge in [-0.1, -0.05) is 44.9 Å². The van der Waals surface area contributed by atoms with Crippen molar-refractivity contribution in [3.63, 3.8) is 0 Å². The first kappa shape index (κ1) is 16.3. The molecule has 0 bridgehead atoms. The van der Waals surface area contributed by atoms with E-state index in [0.717, 1.165) is 38.5 Å². The SMILES string of the molecule is N#CC1(C(=O)NCCOC2CCCCC2)CCCCCC1. The Kier molecular flexibility index (Phi) is 6.50. The van der Waals surface area contributed by atoms with E-state index in [1.54, 1.807) is 0 Å². The van der Waals surface area contributed by atoms with E-state index in [9.17, 15) is 10.1 Å². The van der Waals surface area contributed by atoms with Crippen molar-refractivity contribution in [3.05, 3.63) is 0 Å². The van der Waals surface area contributed by atoms with E-state index in [2.05, 4.69) is 11.4 Å². The van der Waals surface area contributed by atoms with Gasteiger partial charge < -0.3 is 10.1 Å². The van der Waals surface area contributed by atoms with Crippen molar-refractivity contribution in [2.45, 2.75) is 76.7 Å². The van der Waals surface area contributed by atoms with Gasteiger partial charge in [0.15, 0.2) is 0 Å². The van der Waals surface area contributed by atoms with Gasteiger partial charge in [-0.05, 0) is 25.7 Å². The molecule has 0 heterocycles. The minimum Gasteiger partial charge on any atom is -0.376 e. The van der Waals surface area contributed by atoms with Gasteiger partial charge in [0.05, 0.1) is 18.8 Å². The summed E-state index contributed by atoms with van der Waals surface area (Å²) in [4.78, 5) is 12.4. The van der Waals surface area contributed by atoms with Gasteiger partial charge >= 0.3 is 0 Å². The minimum atomic E-state index is -0.790. The van der Waals surface area contributed by atoms with Crippen LogP contribution in [-0.2, 0) is 9.53 Å². The Morgan fingerprint density at radius 1 is 1.10 bits per heavy atom. The predicted molar refractivity (Wildman–Crippen MR) is 81.6 cm³/mol. The Labute approximate surface area is 128 Å². The van der Waals surface area contributed by atoms with E-state index < -0.39 is 5.41 Å². The molecule has 0 aromatic heterocycles. The first-order valence-electron chi connectivity index (χ1n) is 8.58. The minimum absolute atomic E-state index is 0.0841. The zero-order valence-electron chi connectivity index (χ0n) is 13.0. The van der Waals surface area contributed by atoms with Gasteiger partial charge in [0.25, 0.3) is 0 Å². The number of nitrogens with zero attached hydrogens (tertiary/aromatic N) is 1. The number of nitriles is 1. The topological polar surface area (TPSA) is 62.1 Å². The van der Waals surface area contributed by atoms with Crippen LogP contribution in [0.3, 0.4) is 0 Å². The molecule has 0 radical (unpaired) electrons. The summed E-state index contributed by atoms with van der Waals surface area (Å²) in [7, 11) is 0. The van der Waals surface area contributed by atoms with Crippen molar-refractivity contribution < 1.29 is 9.53 Å². The molecule has 0 aliphatic heterocycles. The summed E-state index contributed by atoms with van der Waals surface area (Å²) in [5.41, 5.74) is -0.790. The van der Waals surface area contributed by atoms with Gasteiger partial charge in [-0.25, -0.2) is 0 Å². The molecule has 2 aliphatic rings. The summed E-state index contributed by atoms with van der Waals surface area (Å²) in [6, 6.07) is 2.29. The Balaban J connectivity index is 1.71. The highest BCUT2D eigenvalue weighted by atomic mass is 16.5. The second-order valence-corrected chi connectivity index (χ2v) is 6.49. The highest BCUT2D eigenvalue weighted by Crippen LogP contribution is 2.34. The molecule has 0 aromatic carbocycles. The van der Waals surface area contributed by atoms with E-state index in [0.29, 0.717) is 32.1 Å². The highest BCUT2D eigenvalue weighted by Gasteiger charge is 2.38. The van der Waals surface area contributed by atoms with E-state index in [1.165, 1.54) is 19.3 Å². The fourth-order valence-corrected chi connectivity index (χ4v) is 3.51. The highest BCUT2D eigenvalue weighted by molar-refractivity contribution is 5.85. The third-order valence-corrected chi connectivity index (χ3v) is 4.90. The molecule has 0 aromatic rings. The normalized spacial score (nSPS) is 23.0. The molecule has 1 amide bonds. The number of hydrogen-bond donors (Lipinski definition) is 1. The zero-order chi connectivity index (χ0) is 15.0. The molecule has 0 atom stereocenters. The summed E-state index contributed by atoms with van der Waals surface area (Å²) in [6.45, 7) is 1.09. The number of nitrogens with one attached hydrogen (secondary N) is 1. The standard InChI is InChI=1S/C17H28N2O2/c18-14-17(10-6-1-2-7-11-17)16(20)19-12-13-21-15-8-4-3-5-9-15/h15H,1-13H2,(H,19,20). The Hall–Kier alpha value is -1.08. The van der Waals surface area contributed by atoms with Crippen molar-refractivity contribution in [1.29, 1.82) is 5.26 Å². The average molecular weight is 292 g/mol. The summed E-state index contributed by atoms with van der Waals surface area (Å²) >= 11 is 0. The van der Waals surface area contributed by atoms with Crippen LogP contribution < -0.4 is 5.32 Å². The molecule has 0 unspecified atom stereocenters. The number of hydrogen-bond acceptors (Lipinski definition) is 3. The first-order chi connectivity index (χ1) is 10.3. The lowest BCUT2D eigenvalue weighted by atomic mass is 9.81. The van der Waals surface area contributed by atoms with Crippen LogP contribution in [0.5, 0.6) is 0 Å². The molecule has 0 spiro atoms. The summed E-state index contributed by atoms with van der Waals surface area (Å²) in [6.07, 6.45) is 12.2. The van der Waals surface area contributed by atoms with Crippen LogP contribution >= 0.6 is 0 Å². The van der Waals surface area contributed by atoms with Crippen LogP contribution in [0.25, 0.3) is 0 Å². The number of rotatable bonds is 5. The second kappa shape index (κ2) is 8.38. The lowest BCUT2D eigenvalue weighted by Gasteiger charge is -2.25. The van der Waals surface area contributed by atoms with Crippen LogP contribution in [0, 0.1) is 16.7 Å². The zero-order valence-corrected chi connectivity index (χ0v) is 13.0. The van der Waals surface area contributed by atoms with Crippen LogP contribution in [0.1, 0.15) is 70.6 Å². The molecule has 4 nitrogen and oxygen atoms in total. The van der Waals surface area contributed by atoms with Crippen LogP contribution in [0.2, 0.25) is 0 Å². The van der Waals surface area contributed by atoms with Gasteiger partial charge in [0, 0.05) is 6.54 Å². The fourth-order valence-electron chi connectivity index (χ4n) is 3.51. The number of amides is 1. The molecule has 1 N–H and O–H groups in total. The molecule has 2 fully saturated rings. The maximum atomic E-state index is 12.4. The quantitative estimate of drug-likeness (QED) is 0.624. The van der Waals surface area contributed by atoms with Crippen molar-refractivity contribution >= 4 is 5.91 Å². The van der Waals surface area contributed by atoms with Crippen LogP contribution in [-0.4, -0.2) is 25.2 Å². The summed E-state index contributed by atoms with van der Waals surface area (Å²) < 4.78 is 5.81. The molecular formula is C17H28N2O2. The maximum absolute atomic E-state index is 12.4. The van der Waals surface area contributed by atoms with Crippen LogP contribution in [0.4, 0.5) is 0 Å². The van der Waals surface area contributed by atoms with Crippen LogP contribution in [0.15, 0.2) is 0 Å². The molecule has 4 heteroatoms. The van der Waals surface area contributed by atoms with Gasteiger partial charge in [0.1, 0.15) is 5.41 Å². The molecule has 2 rings (SSSR count). The largest absolute Gasteiger partial charge is 0.376 e. The average Bonchev–Trinajstić information content (AvgIpc) is 2.79. The molecule has 2 aliphatic carbocycles. The summed E-state index contributed by atoms with van der Waals surface area (Å²) in [5, 5.41) is 12.4.